The van der Waals surface area contributed by atoms with Gasteiger partial charge in [0.1, 0.15) is 10.8 Å². The molecule has 1 aromatic heterocycles. The molecule has 0 saturated carbocycles. The molecule has 0 radical (unpaired) electrons. The molecule has 6 nitrogen and oxygen atoms in total. The summed E-state index contributed by atoms with van der Waals surface area (Å²) in [4.78, 5) is 11.9. The molecule has 2 rings (SSSR count). The fraction of sp³-hybridized carbons (Fsp3) is 0.400. The highest BCUT2D eigenvalue weighted by molar-refractivity contribution is 7.15. The van der Waals surface area contributed by atoms with E-state index in [4.69, 9.17) is 0 Å². The van der Waals surface area contributed by atoms with Crippen LogP contribution >= 0.6 is 11.3 Å². The fourth-order valence-corrected chi connectivity index (χ4v) is 2.63. The lowest BCUT2D eigenvalue weighted by Crippen LogP contribution is -2.39. The Kier molecular flexibility index (Phi) is 5.62. The number of amides is 2. The molecular formula is C15H19FN4O2S. The molecule has 2 atom stereocenters. The predicted octanol–water partition coefficient (Wildman–Crippen LogP) is 3.04. The fourth-order valence-electron chi connectivity index (χ4n) is 1.89. The Bertz CT molecular complexity index is 660. The first-order chi connectivity index (χ1) is 10.9. The summed E-state index contributed by atoms with van der Waals surface area (Å²) in [6.45, 7) is 5.64. The van der Waals surface area contributed by atoms with Crippen molar-refractivity contribution >= 4 is 22.5 Å². The second kappa shape index (κ2) is 7.47. The highest BCUT2D eigenvalue weighted by Gasteiger charge is 2.19. The summed E-state index contributed by atoms with van der Waals surface area (Å²) in [5, 5.41) is 24.5. The standard InChI is InChI=1S/C15H19FN4O2S/c1-8(2)13-19-20-15(23-13)18-14(22)17-9(3)12(21)10-4-6-11(16)7-5-10/h4-9,12,21H,1-3H3,(H2,17,18,20,22)/t9-,12-/m0/s1. The lowest BCUT2D eigenvalue weighted by molar-refractivity contribution is 0.139. The summed E-state index contributed by atoms with van der Waals surface area (Å²) < 4.78 is 12.9. The average Bonchev–Trinajstić information content (AvgIpc) is 2.95. The smallest absolute Gasteiger partial charge is 0.321 e. The molecule has 0 aliphatic rings. The Labute approximate surface area is 137 Å². The van der Waals surface area contributed by atoms with Crippen molar-refractivity contribution in [2.24, 2.45) is 0 Å². The van der Waals surface area contributed by atoms with Gasteiger partial charge in [0.2, 0.25) is 5.13 Å². The maximum absolute atomic E-state index is 12.9. The van der Waals surface area contributed by atoms with Crippen LogP contribution in [0.4, 0.5) is 14.3 Å². The van der Waals surface area contributed by atoms with Crippen LogP contribution in [0.3, 0.4) is 0 Å². The molecule has 2 aromatic rings. The zero-order valence-electron chi connectivity index (χ0n) is 13.1. The van der Waals surface area contributed by atoms with Gasteiger partial charge in [0.25, 0.3) is 0 Å². The molecule has 0 unspecified atom stereocenters. The van der Waals surface area contributed by atoms with Crippen molar-refractivity contribution in [3.05, 3.63) is 40.7 Å². The van der Waals surface area contributed by atoms with Crippen LogP contribution in [0.25, 0.3) is 0 Å². The van der Waals surface area contributed by atoms with Crippen LogP contribution in [0.2, 0.25) is 0 Å². The number of urea groups is 1. The second-order valence-electron chi connectivity index (χ2n) is 5.48. The number of hydrogen-bond donors (Lipinski definition) is 3. The van der Waals surface area contributed by atoms with E-state index in [1.807, 2.05) is 13.8 Å². The van der Waals surface area contributed by atoms with Crippen LogP contribution in [0, 0.1) is 5.82 Å². The molecule has 0 spiro atoms. The van der Waals surface area contributed by atoms with Crippen molar-refractivity contribution in [1.29, 1.82) is 0 Å². The normalized spacial score (nSPS) is 13.7. The van der Waals surface area contributed by atoms with Crippen molar-refractivity contribution in [1.82, 2.24) is 15.5 Å². The van der Waals surface area contributed by atoms with Gasteiger partial charge in [0, 0.05) is 5.92 Å². The number of anilines is 1. The highest BCUT2D eigenvalue weighted by Crippen LogP contribution is 2.22. The van der Waals surface area contributed by atoms with E-state index < -0.39 is 18.2 Å². The molecule has 1 aromatic carbocycles. The van der Waals surface area contributed by atoms with E-state index in [2.05, 4.69) is 20.8 Å². The van der Waals surface area contributed by atoms with Crippen LogP contribution in [0.15, 0.2) is 24.3 Å². The number of rotatable bonds is 5. The summed E-state index contributed by atoms with van der Waals surface area (Å²) in [5.41, 5.74) is 0.525. The zero-order chi connectivity index (χ0) is 17.0. The first-order valence-corrected chi connectivity index (χ1v) is 8.03. The first-order valence-electron chi connectivity index (χ1n) is 7.21. The molecule has 0 saturated heterocycles. The van der Waals surface area contributed by atoms with Gasteiger partial charge in [0.15, 0.2) is 0 Å². The average molecular weight is 338 g/mol. The number of aromatic nitrogens is 2. The molecule has 1 heterocycles. The molecular weight excluding hydrogens is 319 g/mol. The summed E-state index contributed by atoms with van der Waals surface area (Å²) >= 11 is 1.30. The summed E-state index contributed by atoms with van der Waals surface area (Å²) in [7, 11) is 0. The van der Waals surface area contributed by atoms with Gasteiger partial charge in [0.05, 0.1) is 12.1 Å². The Hall–Kier alpha value is -2.06. The van der Waals surface area contributed by atoms with E-state index in [9.17, 15) is 14.3 Å². The SMILES string of the molecule is CC(C)c1nnc(NC(=O)N[C@@H](C)[C@H](O)c2ccc(F)cc2)s1. The van der Waals surface area contributed by atoms with Gasteiger partial charge >= 0.3 is 6.03 Å². The van der Waals surface area contributed by atoms with Gasteiger partial charge in [-0.1, -0.05) is 37.3 Å². The molecule has 0 bridgehead atoms. The van der Waals surface area contributed by atoms with Crippen molar-refractivity contribution in [3.8, 4) is 0 Å². The van der Waals surface area contributed by atoms with Gasteiger partial charge in [-0.2, -0.15) is 0 Å². The van der Waals surface area contributed by atoms with Crippen LogP contribution in [-0.2, 0) is 0 Å². The number of benzene rings is 1. The number of aliphatic hydroxyl groups excluding tert-OH is 1. The summed E-state index contributed by atoms with van der Waals surface area (Å²) in [6.07, 6.45) is -0.943. The zero-order valence-corrected chi connectivity index (χ0v) is 13.9. The number of hydrogen-bond acceptors (Lipinski definition) is 5. The number of carbonyl (C=O) groups excluding carboxylic acids is 1. The van der Waals surface area contributed by atoms with Crippen molar-refractivity contribution < 1.29 is 14.3 Å². The number of aliphatic hydroxyl groups is 1. The molecule has 8 heteroatoms. The molecule has 0 aliphatic carbocycles. The van der Waals surface area contributed by atoms with Crippen LogP contribution in [0.1, 0.15) is 43.4 Å². The van der Waals surface area contributed by atoms with Crippen LogP contribution in [-0.4, -0.2) is 27.4 Å². The number of halogens is 1. The third-order valence-corrected chi connectivity index (χ3v) is 4.34. The molecule has 23 heavy (non-hydrogen) atoms. The number of carbonyl (C=O) groups is 1. The minimum Gasteiger partial charge on any atom is -0.386 e. The van der Waals surface area contributed by atoms with E-state index >= 15 is 0 Å². The van der Waals surface area contributed by atoms with Gasteiger partial charge in [-0.25, -0.2) is 9.18 Å². The van der Waals surface area contributed by atoms with Crippen molar-refractivity contribution in [2.45, 2.75) is 38.8 Å². The quantitative estimate of drug-likeness (QED) is 0.782. The van der Waals surface area contributed by atoms with E-state index in [1.54, 1.807) is 6.92 Å². The predicted molar refractivity (Wildman–Crippen MR) is 87.0 cm³/mol. The lowest BCUT2D eigenvalue weighted by Gasteiger charge is -2.20. The van der Waals surface area contributed by atoms with Crippen molar-refractivity contribution in [2.75, 3.05) is 5.32 Å². The van der Waals surface area contributed by atoms with E-state index in [-0.39, 0.29) is 11.7 Å². The molecule has 2 amide bonds. The largest absolute Gasteiger partial charge is 0.386 e. The van der Waals surface area contributed by atoms with E-state index in [0.717, 1.165) is 5.01 Å². The van der Waals surface area contributed by atoms with Gasteiger partial charge in [-0.15, -0.1) is 10.2 Å². The van der Waals surface area contributed by atoms with Gasteiger partial charge in [-0.3, -0.25) is 5.32 Å². The Morgan fingerprint density at radius 3 is 2.43 bits per heavy atom. The topological polar surface area (TPSA) is 87.1 Å². The maximum atomic E-state index is 12.9. The van der Waals surface area contributed by atoms with Gasteiger partial charge in [-0.05, 0) is 24.6 Å². The first kappa shape index (κ1) is 17.3. The minimum absolute atomic E-state index is 0.241. The summed E-state index contributed by atoms with van der Waals surface area (Å²) in [6, 6.07) is 4.45. The van der Waals surface area contributed by atoms with Crippen LogP contribution in [0.5, 0.6) is 0 Å². The maximum Gasteiger partial charge on any atom is 0.321 e. The van der Waals surface area contributed by atoms with Gasteiger partial charge < -0.3 is 10.4 Å². The molecule has 0 fully saturated rings. The Morgan fingerprint density at radius 1 is 1.22 bits per heavy atom. The Balaban J connectivity index is 1.91. The molecule has 3 N–H and O–H groups in total. The minimum atomic E-state index is -0.943. The van der Waals surface area contributed by atoms with Crippen LogP contribution < -0.4 is 10.6 Å². The Morgan fingerprint density at radius 2 is 1.87 bits per heavy atom. The third-order valence-electron chi connectivity index (χ3n) is 3.20. The van der Waals surface area contributed by atoms with E-state index in [1.165, 1.54) is 35.6 Å². The number of nitrogens with one attached hydrogen (secondary N) is 2. The third kappa shape index (κ3) is 4.70. The van der Waals surface area contributed by atoms with Crippen molar-refractivity contribution in [3.63, 3.8) is 0 Å². The monoisotopic (exact) mass is 338 g/mol. The van der Waals surface area contributed by atoms with E-state index in [0.29, 0.717) is 10.7 Å². The summed E-state index contributed by atoms with van der Waals surface area (Å²) in [5.74, 6) is -0.137. The lowest BCUT2D eigenvalue weighted by atomic mass is 10.0. The highest BCUT2D eigenvalue weighted by atomic mass is 32.1. The molecule has 124 valence electrons. The number of nitrogens with zero attached hydrogens (tertiary/aromatic N) is 2. The molecule has 0 aliphatic heterocycles. The second-order valence-corrected chi connectivity index (χ2v) is 6.49.